The molecule has 1 aliphatic rings. The number of esters is 1. The molecule has 12 heteroatoms. The van der Waals surface area contributed by atoms with E-state index >= 15 is 0 Å². The standard InChI is InChI=1S/C31H28BrN3O8/c1-4-41-26-15-19(13-24-18(3)34-35(29(24)37)23-8-6-7-21(16-23)30(38)39)14-25(32)28(26)43-17-27(36)33-22-11-9-20(10-12-22)31(40)42-5-2/h6-16H,4-5,17H2,1-3H3,(H,33,36)(H,38,39). The summed E-state index contributed by atoms with van der Waals surface area (Å²) in [6, 6.07) is 15.6. The van der Waals surface area contributed by atoms with E-state index in [0.717, 1.165) is 5.01 Å². The molecule has 0 atom stereocenters. The van der Waals surface area contributed by atoms with Gasteiger partial charge in [0, 0.05) is 5.69 Å². The Bertz CT molecular complexity index is 1630. The van der Waals surface area contributed by atoms with Crippen molar-refractivity contribution in [1.82, 2.24) is 0 Å². The van der Waals surface area contributed by atoms with Crippen molar-refractivity contribution in [2.45, 2.75) is 20.8 Å². The molecule has 3 aromatic rings. The molecule has 0 saturated heterocycles. The van der Waals surface area contributed by atoms with Crippen molar-refractivity contribution < 1.29 is 38.5 Å². The highest BCUT2D eigenvalue weighted by molar-refractivity contribution is 9.10. The third-order valence-electron chi connectivity index (χ3n) is 6.07. The quantitative estimate of drug-likeness (QED) is 0.203. The molecule has 0 saturated carbocycles. The van der Waals surface area contributed by atoms with Crippen molar-refractivity contribution >= 4 is 62.8 Å². The van der Waals surface area contributed by atoms with Gasteiger partial charge in [-0.2, -0.15) is 10.1 Å². The minimum absolute atomic E-state index is 0.0389. The van der Waals surface area contributed by atoms with Crippen molar-refractivity contribution in [1.29, 1.82) is 0 Å². The average Bonchev–Trinajstić information content (AvgIpc) is 3.26. The molecule has 3 aromatic carbocycles. The smallest absolute Gasteiger partial charge is 0.338 e. The number of carbonyl (C=O) groups is 4. The summed E-state index contributed by atoms with van der Waals surface area (Å²) in [5.74, 6) is -1.75. The Morgan fingerprint density at radius 2 is 1.74 bits per heavy atom. The molecule has 0 fully saturated rings. The molecule has 0 aliphatic carbocycles. The van der Waals surface area contributed by atoms with Crippen LogP contribution in [0.2, 0.25) is 0 Å². The highest BCUT2D eigenvalue weighted by Gasteiger charge is 2.29. The van der Waals surface area contributed by atoms with Gasteiger partial charge in [-0.1, -0.05) is 6.07 Å². The number of nitrogens with zero attached hydrogens (tertiary/aromatic N) is 2. The Hall–Kier alpha value is -4.97. The van der Waals surface area contributed by atoms with Gasteiger partial charge in [-0.15, -0.1) is 0 Å². The lowest BCUT2D eigenvalue weighted by atomic mass is 10.1. The summed E-state index contributed by atoms with van der Waals surface area (Å²) in [6.45, 7) is 5.46. The molecule has 0 bridgehead atoms. The molecule has 1 heterocycles. The molecule has 11 nitrogen and oxygen atoms in total. The molecule has 43 heavy (non-hydrogen) atoms. The van der Waals surface area contributed by atoms with Crippen molar-refractivity contribution in [3.63, 3.8) is 0 Å². The highest BCUT2D eigenvalue weighted by Crippen LogP contribution is 2.38. The molecule has 1 aliphatic heterocycles. The number of rotatable bonds is 11. The largest absolute Gasteiger partial charge is 0.490 e. The number of anilines is 2. The van der Waals surface area contributed by atoms with Crippen LogP contribution in [0.3, 0.4) is 0 Å². The Morgan fingerprint density at radius 3 is 2.42 bits per heavy atom. The third-order valence-corrected chi connectivity index (χ3v) is 6.66. The first-order chi connectivity index (χ1) is 20.6. The number of carbonyl (C=O) groups excluding carboxylic acids is 3. The second-order valence-electron chi connectivity index (χ2n) is 9.11. The SMILES string of the molecule is CCOC(=O)c1ccc(NC(=O)COc2c(Br)cc(C=C3C(=O)N(c4cccc(C(=O)O)c4)N=C3C)cc2OCC)cc1. The zero-order valence-electron chi connectivity index (χ0n) is 23.5. The third kappa shape index (κ3) is 7.46. The van der Waals surface area contributed by atoms with Crippen molar-refractivity contribution in [2.75, 3.05) is 30.1 Å². The lowest BCUT2D eigenvalue weighted by Gasteiger charge is -2.15. The van der Waals surface area contributed by atoms with Crippen LogP contribution in [0.25, 0.3) is 6.08 Å². The van der Waals surface area contributed by atoms with E-state index in [2.05, 4.69) is 26.3 Å². The van der Waals surface area contributed by atoms with Gasteiger partial charge in [0.05, 0.1) is 45.8 Å². The van der Waals surface area contributed by atoms with Crippen LogP contribution >= 0.6 is 15.9 Å². The fraction of sp³-hybridized carbons (Fsp3) is 0.194. The topological polar surface area (TPSA) is 144 Å². The van der Waals surface area contributed by atoms with Gasteiger partial charge in [0.1, 0.15) is 0 Å². The molecule has 4 rings (SSSR count). The number of hydrogen-bond donors (Lipinski definition) is 2. The fourth-order valence-corrected chi connectivity index (χ4v) is 4.68. The number of hydrazone groups is 1. The van der Waals surface area contributed by atoms with E-state index in [4.69, 9.17) is 14.2 Å². The summed E-state index contributed by atoms with van der Waals surface area (Å²) in [7, 11) is 0. The van der Waals surface area contributed by atoms with Gasteiger partial charge < -0.3 is 24.6 Å². The van der Waals surface area contributed by atoms with E-state index in [-0.39, 0.29) is 18.8 Å². The molecule has 2 amide bonds. The zero-order chi connectivity index (χ0) is 31.1. The van der Waals surface area contributed by atoms with Crippen LogP contribution in [0.5, 0.6) is 11.5 Å². The Labute approximate surface area is 255 Å². The highest BCUT2D eigenvalue weighted by atomic mass is 79.9. The number of halogens is 1. The maximum Gasteiger partial charge on any atom is 0.338 e. The number of ether oxygens (including phenoxy) is 3. The molecule has 2 N–H and O–H groups in total. The minimum Gasteiger partial charge on any atom is -0.490 e. The summed E-state index contributed by atoms with van der Waals surface area (Å²) in [5, 5.41) is 17.5. The van der Waals surface area contributed by atoms with Gasteiger partial charge in [-0.05, 0) is 103 Å². The Kier molecular flexibility index (Phi) is 9.94. The van der Waals surface area contributed by atoms with Crippen LogP contribution in [0.1, 0.15) is 47.1 Å². The van der Waals surface area contributed by atoms with Crippen LogP contribution in [0.4, 0.5) is 11.4 Å². The van der Waals surface area contributed by atoms with Crippen LogP contribution in [-0.2, 0) is 14.3 Å². The first-order valence-corrected chi connectivity index (χ1v) is 14.0. The van der Waals surface area contributed by atoms with E-state index in [1.165, 1.54) is 12.1 Å². The molecule has 0 radical (unpaired) electrons. The van der Waals surface area contributed by atoms with Gasteiger partial charge in [-0.3, -0.25) is 9.59 Å². The van der Waals surface area contributed by atoms with Gasteiger partial charge in [0.15, 0.2) is 18.1 Å². The summed E-state index contributed by atoms with van der Waals surface area (Å²) >= 11 is 3.48. The predicted molar refractivity (Wildman–Crippen MR) is 164 cm³/mol. The van der Waals surface area contributed by atoms with E-state index in [1.807, 2.05) is 0 Å². The predicted octanol–water partition coefficient (Wildman–Crippen LogP) is 5.55. The zero-order valence-corrected chi connectivity index (χ0v) is 25.1. The van der Waals surface area contributed by atoms with Gasteiger partial charge in [0.2, 0.25) is 0 Å². The Balaban J connectivity index is 1.48. The van der Waals surface area contributed by atoms with Crippen molar-refractivity contribution in [2.24, 2.45) is 5.10 Å². The van der Waals surface area contributed by atoms with Crippen LogP contribution < -0.4 is 19.8 Å². The fourth-order valence-electron chi connectivity index (χ4n) is 4.11. The van der Waals surface area contributed by atoms with Crippen LogP contribution in [0.15, 0.2) is 75.8 Å². The first kappa shape index (κ1) is 31.0. The normalized spacial score (nSPS) is 13.5. The van der Waals surface area contributed by atoms with Crippen LogP contribution in [0, 0.1) is 0 Å². The second-order valence-corrected chi connectivity index (χ2v) is 9.97. The number of aromatic carboxylic acids is 1. The number of hydrogen-bond acceptors (Lipinski definition) is 8. The number of benzene rings is 3. The Morgan fingerprint density at radius 1 is 1.00 bits per heavy atom. The van der Waals surface area contributed by atoms with Crippen LogP contribution in [-0.4, -0.2) is 54.4 Å². The number of nitrogens with one attached hydrogen (secondary N) is 1. The first-order valence-electron chi connectivity index (χ1n) is 13.2. The number of carboxylic acid groups (broad SMARTS) is 1. The molecular formula is C31H28BrN3O8. The second kappa shape index (κ2) is 13.8. The van der Waals surface area contributed by atoms with Crippen molar-refractivity contribution in [3.8, 4) is 11.5 Å². The van der Waals surface area contributed by atoms with Crippen molar-refractivity contribution in [3.05, 3.63) is 87.4 Å². The molecule has 0 spiro atoms. The molecule has 0 unspecified atom stereocenters. The van der Waals surface area contributed by atoms with E-state index in [0.29, 0.717) is 56.4 Å². The lowest BCUT2D eigenvalue weighted by Crippen LogP contribution is -2.21. The molecule has 222 valence electrons. The van der Waals surface area contributed by atoms with Gasteiger partial charge in [0.25, 0.3) is 11.8 Å². The van der Waals surface area contributed by atoms with E-state index < -0.39 is 23.8 Å². The lowest BCUT2D eigenvalue weighted by molar-refractivity contribution is -0.118. The summed E-state index contributed by atoms with van der Waals surface area (Å²) < 4.78 is 17.0. The van der Waals surface area contributed by atoms with E-state index in [9.17, 15) is 24.3 Å². The summed E-state index contributed by atoms with van der Waals surface area (Å²) in [5.41, 5.74) is 2.60. The summed E-state index contributed by atoms with van der Waals surface area (Å²) in [6.07, 6.45) is 1.64. The maximum absolute atomic E-state index is 13.2. The average molecular weight is 650 g/mol. The van der Waals surface area contributed by atoms with Gasteiger partial charge >= 0.3 is 11.9 Å². The number of amides is 2. The maximum atomic E-state index is 13.2. The minimum atomic E-state index is -1.11. The molecule has 0 aromatic heterocycles. The molecular weight excluding hydrogens is 622 g/mol. The summed E-state index contributed by atoms with van der Waals surface area (Å²) in [4.78, 5) is 49.0. The van der Waals surface area contributed by atoms with E-state index in [1.54, 1.807) is 75.4 Å². The van der Waals surface area contributed by atoms with Gasteiger partial charge in [-0.25, -0.2) is 9.59 Å². The number of carboxylic acids is 1. The monoisotopic (exact) mass is 649 g/mol.